The molecular formula is C23H28F3N3O4. The zero-order valence-electron chi connectivity index (χ0n) is 18.3. The van der Waals surface area contributed by atoms with Crippen molar-refractivity contribution < 1.29 is 27.9 Å². The molecular weight excluding hydrogens is 439 g/mol. The van der Waals surface area contributed by atoms with E-state index in [-0.39, 0.29) is 23.9 Å². The Morgan fingerprint density at radius 2 is 1.94 bits per heavy atom. The summed E-state index contributed by atoms with van der Waals surface area (Å²) < 4.78 is 39.9. The van der Waals surface area contributed by atoms with Crippen molar-refractivity contribution in [3.05, 3.63) is 39.8 Å². The Bertz CT molecular complexity index is 1010. The van der Waals surface area contributed by atoms with E-state index in [9.17, 15) is 32.7 Å². The van der Waals surface area contributed by atoms with Gasteiger partial charge in [-0.2, -0.15) is 13.2 Å². The molecule has 10 heteroatoms. The summed E-state index contributed by atoms with van der Waals surface area (Å²) in [6, 6.07) is 1.70. The fourth-order valence-corrected chi connectivity index (χ4v) is 5.72. The average molecular weight is 467 g/mol. The first-order chi connectivity index (χ1) is 15.7. The van der Waals surface area contributed by atoms with Gasteiger partial charge in [-0.05, 0) is 31.9 Å². The summed E-state index contributed by atoms with van der Waals surface area (Å²) >= 11 is 0. The number of hydrogen-bond acceptors (Lipinski definition) is 4. The third-order valence-electron chi connectivity index (χ3n) is 7.14. The van der Waals surface area contributed by atoms with Crippen LogP contribution >= 0.6 is 0 Å². The Labute approximate surface area is 189 Å². The number of nitrogens with one attached hydrogen (secondary N) is 1. The van der Waals surface area contributed by atoms with Crippen molar-refractivity contribution in [1.82, 2.24) is 14.8 Å². The van der Waals surface area contributed by atoms with E-state index in [0.717, 1.165) is 25.7 Å². The van der Waals surface area contributed by atoms with E-state index in [2.05, 4.69) is 0 Å². The van der Waals surface area contributed by atoms with Crippen LogP contribution in [0.4, 0.5) is 13.2 Å². The molecule has 0 radical (unpaired) electrons. The van der Waals surface area contributed by atoms with Crippen LogP contribution in [0, 0.1) is 17.8 Å². The largest absolute Gasteiger partial charge is 0.405 e. The molecule has 2 bridgehead atoms. The van der Waals surface area contributed by atoms with E-state index in [4.69, 9.17) is 0 Å². The standard InChI is InChI=1S/C23H28F3N3O4/c1-2-5-13-8-9-16-19-18(20(31)27-12-23(24,25)26)15(11-30)17(10-28(16)21(13)32)29(19)22(33)14-6-3-4-7-14/h2,5,8-9,14-15,17-19,30H,3-4,6-7,10-12H2,1H3,(H,27,31)/b5-2-/t15-,17-,18+,19+/m1/s1. The Morgan fingerprint density at radius 1 is 1.24 bits per heavy atom. The van der Waals surface area contributed by atoms with Gasteiger partial charge in [-0.15, -0.1) is 0 Å². The maximum atomic E-state index is 13.5. The Kier molecular flexibility index (Phi) is 6.39. The minimum Gasteiger partial charge on any atom is -0.396 e. The lowest BCUT2D eigenvalue weighted by atomic mass is 9.86. The summed E-state index contributed by atoms with van der Waals surface area (Å²) in [4.78, 5) is 41.2. The molecule has 1 aliphatic carbocycles. The second kappa shape index (κ2) is 8.96. The molecule has 3 heterocycles. The first-order valence-electron chi connectivity index (χ1n) is 11.3. The summed E-state index contributed by atoms with van der Waals surface area (Å²) in [7, 11) is 0. The molecule has 0 spiro atoms. The van der Waals surface area contributed by atoms with Crippen LogP contribution in [-0.2, 0) is 16.1 Å². The van der Waals surface area contributed by atoms with Crippen molar-refractivity contribution in [2.24, 2.45) is 17.8 Å². The summed E-state index contributed by atoms with van der Waals surface area (Å²) in [5.41, 5.74) is 0.565. The lowest BCUT2D eigenvalue weighted by Gasteiger charge is -2.39. The van der Waals surface area contributed by atoms with Crippen molar-refractivity contribution in [1.29, 1.82) is 0 Å². The highest BCUT2D eigenvalue weighted by molar-refractivity contribution is 5.85. The molecule has 4 atom stereocenters. The number of carbonyl (C=O) groups is 2. The summed E-state index contributed by atoms with van der Waals surface area (Å²) in [6.07, 6.45) is 2.06. The number of hydrogen-bond donors (Lipinski definition) is 2. The fourth-order valence-electron chi connectivity index (χ4n) is 5.72. The number of halogens is 3. The summed E-state index contributed by atoms with van der Waals surface area (Å²) in [5.74, 6) is -3.11. The van der Waals surface area contributed by atoms with Crippen molar-refractivity contribution in [2.75, 3.05) is 13.2 Å². The topological polar surface area (TPSA) is 91.6 Å². The van der Waals surface area contributed by atoms with Gasteiger partial charge in [0.2, 0.25) is 11.8 Å². The molecule has 4 rings (SSSR count). The van der Waals surface area contributed by atoms with Crippen LogP contribution in [-0.4, -0.2) is 51.8 Å². The van der Waals surface area contributed by atoms with Gasteiger partial charge < -0.3 is 19.9 Å². The SMILES string of the molecule is C/C=C\c1ccc2n(c1=O)C[C@@H]1[C@@H](CO)[C@H](C(=O)NCC(F)(F)F)[C@H]2N1C(=O)C1CCCC1. The van der Waals surface area contributed by atoms with Crippen molar-refractivity contribution in [2.45, 2.75) is 57.4 Å². The smallest absolute Gasteiger partial charge is 0.396 e. The fraction of sp³-hybridized carbons (Fsp3) is 0.609. The summed E-state index contributed by atoms with van der Waals surface area (Å²) in [6.45, 7) is -0.119. The van der Waals surface area contributed by atoms with Crippen LogP contribution in [0.3, 0.4) is 0 Å². The van der Waals surface area contributed by atoms with Crippen LogP contribution in [0.25, 0.3) is 6.08 Å². The van der Waals surface area contributed by atoms with Gasteiger partial charge in [0.05, 0.1) is 18.0 Å². The number of aromatic nitrogens is 1. The highest BCUT2D eigenvalue weighted by Gasteiger charge is 2.58. The minimum atomic E-state index is -4.59. The van der Waals surface area contributed by atoms with Gasteiger partial charge in [-0.3, -0.25) is 14.4 Å². The van der Waals surface area contributed by atoms with Crippen molar-refractivity contribution in [3.63, 3.8) is 0 Å². The first kappa shape index (κ1) is 23.5. The molecule has 7 nitrogen and oxygen atoms in total. The van der Waals surface area contributed by atoms with E-state index in [1.807, 2.05) is 5.32 Å². The number of allylic oxidation sites excluding steroid dienone is 1. The third-order valence-corrected chi connectivity index (χ3v) is 7.14. The van der Waals surface area contributed by atoms with Crippen molar-refractivity contribution in [3.8, 4) is 0 Å². The zero-order valence-corrected chi connectivity index (χ0v) is 18.3. The van der Waals surface area contributed by atoms with E-state index < -0.39 is 49.2 Å². The third kappa shape index (κ3) is 4.20. The molecule has 0 unspecified atom stereocenters. The van der Waals surface area contributed by atoms with Gasteiger partial charge in [0, 0.05) is 36.2 Å². The van der Waals surface area contributed by atoms with Crippen LogP contribution in [0.1, 0.15) is 49.9 Å². The van der Waals surface area contributed by atoms with Gasteiger partial charge in [-0.1, -0.05) is 25.0 Å². The number of carbonyl (C=O) groups excluding carboxylic acids is 2. The second-order valence-electron chi connectivity index (χ2n) is 9.07. The lowest BCUT2D eigenvalue weighted by Crippen LogP contribution is -2.50. The van der Waals surface area contributed by atoms with Crippen LogP contribution in [0.15, 0.2) is 23.0 Å². The Balaban J connectivity index is 1.79. The van der Waals surface area contributed by atoms with E-state index in [1.54, 1.807) is 36.1 Å². The number of fused-ring (bicyclic) bond motifs is 4. The number of nitrogens with zero attached hydrogens (tertiary/aromatic N) is 2. The average Bonchev–Trinajstić information content (AvgIpc) is 3.38. The van der Waals surface area contributed by atoms with Crippen LogP contribution in [0.5, 0.6) is 0 Å². The van der Waals surface area contributed by atoms with E-state index >= 15 is 0 Å². The first-order valence-corrected chi connectivity index (χ1v) is 11.3. The molecule has 1 aromatic rings. The summed E-state index contributed by atoms with van der Waals surface area (Å²) in [5, 5.41) is 12.1. The highest BCUT2D eigenvalue weighted by atomic mass is 19.4. The molecule has 1 aromatic heterocycles. The van der Waals surface area contributed by atoms with Gasteiger partial charge in [0.25, 0.3) is 5.56 Å². The predicted octanol–water partition coefficient (Wildman–Crippen LogP) is 2.24. The van der Waals surface area contributed by atoms with Gasteiger partial charge in [0.15, 0.2) is 0 Å². The van der Waals surface area contributed by atoms with Crippen molar-refractivity contribution >= 4 is 17.9 Å². The maximum absolute atomic E-state index is 13.5. The zero-order chi connectivity index (χ0) is 23.9. The Morgan fingerprint density at radius 3 is 2.55 bits per heavy atom. The molecule has 3 aliphatic rings. The van der Waals surface area contributed by atoms with Gasteiger partial charge in [-0.25, -0.2) is 0 Å². The minimum absolute atomic E-state index is 0.0861. The van der Waals surface area contributed by atoms with E-state index in [1.165, 1.54) is 4.57 Å². The molecule has 1 saturated heterocycles. The molecule has 33 heavy (non-hydrogen) atoms. The molecule has 0 aromatic carbocycles. The normalized spacial score (nSPS) is 27.2. The number of aliphatic hydroxyl groups is 1. The predicted molar refractivity (Wildman–Crippen MR) is 114 cm³/mol. The number of rotatable bonds is 5. The highest BCUT2D eigenvalue weighted by Crippen LogP contribution is 2.49. The number of pyridine rings is 1. The second-order valence-corrected chi connectivity index (χ2v) is 9.07. The quantitative estimate of drug-likeness (QED) is 0.695. The molecule has 2 N–H and O–H groups in total. The molecule has 2 aliphatic heterocycles. The molecule has 180 valence electrons. The molecule has 2 amide bonds. The van der Waals surface area contributed by atoms with E-state index in [0.29, 0.717) is 11.3 Å². The number of aliphatic hydroxyl groups excluding tert-OH is 1. The van der Waals surface area contributed by atoms with Crippen LogP contribution < -0.4 is 10.9 Å². The molecule has 2 fully saturated rings. The number of amides is 2. The maximum Gasteiger partial charge on any atom is 0.405 e. The number of alkyl halides is 3. The Hall–Kier alpha value is -2.62. The molecule has 1 saturated carbocycles. The van der Waals surface area contributed by atoms with Gasteiger partial charge >= 0.3 is 6.18 Å². The lowest BCUT2D eigenvalue weighted by molar-refractivity contribution is -0.144. The van der Waals surface area contributed by atoms with Crippen LogP contribution in [0.2, 0.25) is 0 Å². The van der Waals surface area contributed by atoms with Gasteiger partial charge in [0.1, 0.15) is 6.54 Å². The monoisotopic (exact) mass is 467 g/mol.